The molecule has 0 saturated carbocycles. The Hall–Kier alpha value is -0.913. The Morgan fingerprint density at radius 2 is 2.24 bits per heavy atom. The third-order valence-corrected chi connectivity index (χ3v) is 3.99. The van der Waals surface area contributed by atoms with Gasteiger partial charge in [-0.2, -0.15) is 0 Å². The van der Waals surface area contributed by atoms with Crippen molar-refractivity contribution in [1.82, 2.24) is 14.5 Å². The van der Waals surface area contributed by atoms with Crippen molar-refractivity contribution in [2.45, 2.75) is 25.9 Å². The number of nitrogens with zero attached hydrogens (tertiary/aromatic N) is 3. The van der Waals surface area contributed by atoms with Gasteiger partial charge < -0.3 is 9.30 Å². The molecule has 91 valence electrons. The zero-order valence-corrected chi connectivity index (χ0v) is 11.7. The van der Waals surface area contributed by atoms with Crippen LogP contribution in [0.1, 0.15) is 0 Å². The predicted octanol–water partition coefficient (Wildman–Crippen LogP) is 2.81. The maximum Gasteiger partial charge on any atom is 0.146 e. The Balaban J connectivity index is 2.02. The van der Waals surface area contributed by atoms with Crippen LogP contribution in [0.25, 0.3) is 11.0 Å². The van der Waals surface area contributed by atoms with Crippen LogP contribution in [0.15, 0.2) is 18.6 Å². The smallest absolute Gasteiger partial charge is 0.146 e. The third kappa shape index (κ3) is 3.05. The van der Waals surface area contributed by atoms with Crippen LogP contribution in [0.5, 0.6) is 0 Å². The molecule has 0 aliphatic rings. The third-order valence-electron chi connectivity index (χ3n) is 2.48. The highest BCUT2D eigenvalue weighted by Crippen LogP contribution is 2.19. The summed E-state index contributed by atoms with van der Waals surface area (Å²) < 4.78 is 7.57. The first kappa shape index (κ1) is 12.5. The summed E-state index contributed by atoms with van der Waals surface area (Å²) in [5, 5.41) is 1.36. The van der Waals surface area contributed by atoms with Crippen molar-refractivity contribution in [3.8, 4) is 0 Å². The molecular formula is C11H15ClN3OSi. The first-order valence-corrected chi connectivity index (χ1v) is 8.59. The van der Waals surface area contributed by atoms with E-state index in [2.05, 4.69) is 23.1 Å². The summed E-state index contributed by atoms with van der Waals surface area (Å²) >= 11 is 5.97. The van der Waals surface area contributed by atoms with Crippen molar-refractivity contribution in [3.63, 3.8) is 0 Å². The summed E-state index contributed by atoms with van der Waals surface area (Å²) in [6, 6.07) is 3.08. The molecule has 1 radical (unpaired) electrons. The molecule has 2 aromatic heterocycles. The van der Waals surface area contributed by atoms with Crippen LogP contribution in [0, 0.1) is 0 Å². The molecular weight excluding hydrogens is 254 g/mol. The number of halogens is 1. The minimum absolute atomic E-state index is 0.205. The summed E-state index contributed by atoms with van der Waals surface area (Å²) in [4.78, 5) is 8.15. The number of hydrogen-bond donors (Lipinski definition) is 0. The maximum absolute atomic E-state index is 5.97. The normalized spacial score (nSPS) is 11.5. The number of ether oxygens (including phenoxy) is 1. The molecule has 0 spiro atoms. The van der Waals surface area contributed by atoms with Gasteiger partial charge in [-0.3, -0.25) is 0 Å². The number of rotatable bonds is 5. The minimum Gasteiger partial charge on any atom is -0.361 e. The SMILES string of the molecule is C[Si](C)CCOCn1ccc2c(Cl)ncnc21. The minimum atomic E-state index is -0.205. The van der Waals surface area contributed by atoms with Gasteiger partial charge in [0.2, 0.25) is 0 Å². The number of aromatic nitrogens is 3. The molecule has 0 unspecified atom stereocenters. The van der Waals surface area contributed by atoms with Crippen molar-refractivity contribution >= 4 is 31.4 Å². The van der Waals surface area contributed by atoms with Crippen molar-refractivity contribution in [2.24, 2.45) is 0 Å². The molecule has 17 heavy (non-hydrogen) atoms. The monoisotopic (exact) mass is 268 g/mol. The van der Waals surface area contributed by atoms with Crippen LogP contribution < -0.4 is 0 Å². The molecule has 0 aliphatic carbocycles. The van der Waals surface area contributed by atoms with Gasteiger partial charge in [0.25, 0.3) is 0 Å². The highest BCUT2D eigenvalue weighted by Gasteiger charge is 2.06. The van der Waals surface area contributed by atoms with E-state index in [0.717, 1.165) is 17.6 Å². The van der Waals surface area contributed by atoms with Crippen LogP contribution in [0.2, 0.25) is 24.3 Å². The van der Waals surface area contributed by atoms with E-state index in [1.54, 1.807) is 0 Å². The zero-order valence-electron chi connectivity index (χ0n) is 9.98. The lowest BCUT2D eigenvalue weighted by atomic mass is 10.4. The van der Waals surface area contributed by atoms with E-state index in [0.29, 0.717) is 11.9 Å². The van der Waals surface area contributed by atoms with Crippen LogP contribution in [-0.2, 0) is 11.5 Å². The average molecular weight is 269 g/mol. The van der Waals surface area contributed by atoms with E-state index in [1.807, 2.05) is 16.8 Å². The second-order valence-electron chi connectivity index (χ2n) is 4.18. The zero-order chi connectivity index (χ0) is 12.3. The number of hydrogen-bond acceptors (Lipinski definition) is 3. The van der Waals surface area contributed by atoms with Gasteiger partial charge in [-0.25, -0.2) is 9.97 Å². The Morgan fingerprint density at radius 3 is 3.00 bits per heavy atom. The standard InChI is InChI=1S/C11H15ClN3OSi/c1-17(2)6-5-16-8-15-4-3-9-10(12)13-7-14-11(9)15/h3-4,7H,5-6,8H2,1-2H3. The van der Waals surface area contributed by atoms with Gasteiger partial charge in [0.05, 0.1) is 5.39 Å². The maximum atomic E-state index is 5.97. The summed E-state index contributed by atoms with van der Waals surface area (Å²) in [5.74, 6) is 0. The molecule has 4 nitrogen and oxygen atoms in total. The quantitative estimate of drug-likeness (QED) is 0.476. The lowest BCUT2D eigenvalue weighted by Gasteiger charge is -2.07. The first-order chi connectivity index (χ1) is 8.18. The predicted molar refractivity (Wildman–Crippen MR) is 70.8 cm³/mol. The van der Waals surface area contributed by atoms with Crippen LogP contribution in [-0.4, -0.2) is 29.9 Å². The van der Waals surface area contributed by atoms with Gasteiger partial charge >= 0.3 is 0 Å². The van der Waals surface area contributed by atoms with E-state index in [-0.39, 0.29) is 8.80 Å². The fourth-order valence-electron chi connectivity index (χ4n) is 1.52. The molecule has 0 saturated heterocycles. The molecule has 0 aliphatic heterocycles. The largest absolute Gasteiger partial charge is 0.361 e. The molecule has 0 bridgehead atoms. The molecule has 2 heterocycles. The molecule has 0 aromatic carbocycles. The van der Waals surface area contributed by atoms with Gasteiger partial charge in [-0.15, -0.1) is 0 Å². The fourth-order valence-corrected chi connectivity index (χ4v) is 2.26. The Kier molecular flexibility index (Phi) is 4.14. The average Bonchev–Trinajstić information content (AvgIpc) is 2.69. The molecule has 0 atom stereocenters. The molecule has 2 aromatic rings. The van der Waals surface area contributed by atoms with Crippen molar-refractivity contribution < 1.29 is 4.74 Å². The second kappa shape index (κ2) is 5.62. The lowest BCUT2D eigenvalue weighted by Crippen LogP contribution is -2.08. The van der Waals surface area contributed by atoms with E-state index in [4.69, 9.17) is 16.3 Å². The van der Waals surface area contributed by atoms with Gasteiger partial charge in [0.1, 0.15) is 23.9 Å². The molecule has 0 amide bonds. The van der Waals surface area contributed by atoms with Crippen LogP contribution in [0.4, 0.5) is 0 Å². The first-order valence-electron chi connectivity index (χ1n) is 5.50. The van der Waals surface area contributed by atoms with E-state index < -0.39 is 0 Å². The van der Waals surface area contributed by atoms with Crippen LogP contribution >= 0.6 is 11.6 Å². The van der Waals surface area contributed by atoms with Crippen molar-refractivity contribution in [1.29, 1.82) is 0 Å². The highest BCUT2D eigenvalue weighted by molar-refractivity contribution is 6.55. The van der Waals surface area contributed by atoms with Crippen molar-refractivity contribution in [3.05, 3.63) is 23.7 Å². The summed E-state index contributed by atoms with van der Waals surface area (Å²) in [5.41, 5.74) is 0.823. The fraction of sp³-hybridized carbons (Fsp3) is 0.455. The molecule has 2 rings (SSSR count). The van der Waals surface area contributed by atoms with Gasteiger partial charge in [-0.1, -0.05) is 24.7 Å². The van der Waals surface area contributed by atoms with Crippen LogP contribution in [0.3, 0.4) is 0 Å². The topological polar surface area (TPSA) is 39.9 Å². The van der Waals surface area contributed by atoms with Crippen molar-refractivity contribution in [2.75, 3.05) is 6.61 Å². The van der Waals surface area contributed by atoms with E-state index in [1.165, 1.54) is 12.4 Å². The number of fused-ring (bicyclic) bond motifs is 1. The summed E-state index contributed by atoms with van der Waals surface area (Å²) in [6.45, 7) is 5.89. The summed E-state index contributed by atoms with van der Waals surface area (Å²) in [7, 11) is -0.205. The van der Waals surface area contributed by atoms with Gasteiger partial charge in [0.15, 0.2) is 0 Å². The van der Waals surface area contributed by atoms with Gasteiger partial charge in [0, 0.05) is 21.6 Å². The van der Waals surface area contributed by atoms with E-state index in [9.17, 15) is 0 Å². The highest BCUT2D eigenvalue weighted by atomic mass is 35.5. The second-order valence-corrected chi connectivity index (χ2v) is 7.45. The molecule has 0 N–H and O–H groups in total. The Bertz CT molecular complexity index is 500. The Morgan fingerprint density at radius 1 is 1.41 bits per heavy atom. The van der Waals surface area contributed by atoms with Gasteiger partial charge in [-0.05, 0) is 12.1 Å². The van der Waals surface area contributed by atoms with E-state index >= 15 is 0 Å². The lowest BCUT2D eigenvalue weighted by molar-refractivity contribution is 0.0902. The molecule has 6 heteroatoms. The Labute approximate surface area is 107 Å². The summed E-state index contributed by atoms with van der Waals surface area (Å²) in [6.07, 6.45) is 3.40. The molecule has 0 fully saturated rings.